The van der Waals surface area contributed by atoms with Crippen LogP contribution < -0.4 is 5.32 Å². The number of hydrogen-bond donors (Lipinski definition) is 1. The lowest BCUT2D eigenvalue weighted by atomic mass is 9.98. The molecule has 1 fully saturated rings. The van der Waals surface area contributed by atoms with Gasteiger partial charge in [0, 0.05) is 33.9 Å². The van der Waals surface area contributed by atoms with Crippen molar-refractivity contribution in [1.29, 1.82) is 0 Å². The van der Waals surface area contributed by atoms with E-state index in [1.54, 1.807) is 14.2 Å². The van der Waals surface area contributed by atoms with Gasteiger partial charge in [-0.25, -0.2) is 0 Å². The lowest BCUT2D eigenvalue weighted by molar-refractivity contribution is -0.137. The standard InChI is InChI=1S/C12H24N2O3/c1-16-8-6-14(7-9-17-2)12(15)11-4-3-5-13-10-11/h11,13H,3-10H2,1-2H3/t11-/m0/s1. The zero-order valence-electron chi connectivity index (χ0n) is 10.9. The molecule has 0 radical (unpaired) electrons. The van der Waals surface area contributed by atoms with Crippen LogP contribution in [0, 0.1) is 5.92 Å². The van der Waals surface area contributed by atoms with Crippen molar-refractivity contribution < 1.29 is 14.3 Å². The number of rotatable bonds is 7. The van der Waals surface area contributed by atoms with E-state index in [1.165, 1.54) is 0 Å². The smallest absolute Gasteiger partial charge is 0.227 e. The van der Waals surface area contributed by atoms with Crippen molar-refractivity contribution in [2.45, 2.75) is 12.8 Å². The monoisotopic (exact) mass is 244 g/mol. The van der Waals surface area contributed by atoms with Crippen molar-refractivity contribution in [3.05, 3.63) is 0 Å². The van der Waals surface area contributed by atoms with Crippen LogP contribution in [-0.4, -0.2) is 64.4 Å². The molecule has 0 spiro atoms. The van der Waals surface area contributed by atoms with E-state index in [0.717, 1.165) is 25.9 Å². The van der Waals surface area contributed by atoms with Crippen LogP contribution >= 0.6 is 0 Å². The molecule has 0 bridgehead atoms. The number of hydrogen-bond acceptors (Lipinski definition) is 4. The van der Waals surface area contributed by atoms with Gasteiger partial charge in [-0.3, -0.25) is 4.79 Å². The first-order chi connectivity index (χ1) is 8.29. The average Bonchev–Trinajstić information content (AvgIpc) is 2.39. The molecule has 5 heteroatoms. The maximum atomic E-state index is 12.3. The molecular formula is C12H24N2O3. The van der Waals surface area contributed by atoms with Crippen molar-refractivity contribution in [2.24, 2.45) is 5.92 Å². The van der Waals surface area contributed by atoms with E-state index in [-0.39, 0.29) is 11.8 Å². The van der Waals surface area contributed by atoms with Crippen LogP contribution in [0.3, 0.4) is 0 Å². The van der Waals surface area contributed by atoms with E-state index in [9.17, 15) is 4.79 Å². The van der Waals surface area contributed by atoms with Crippen molar-refractivity contribution in [3.8, 4) is 0 Å². The topological polar surface area (TPSA) is 50.8 Å². The van der Waals surface area contributed by atoms with Crippen LogP contribution in [0.5, 0.6) is 0 Å². The summed E-state index contributed by atoms with van der Waals surface area (Å²) in [6.07, 6.45) is 2.07. The van der Waals surface area contributed by atoms with Gasteiger partial charge in [-0.2, -0.15) is 0 Å². The van der Waals surface area contributed by atoms with E-state index in [2.05, 4.69) is 5.32 Å². The maximum absolute atomic E-state index is 12.3. The molecule has 0 unspecified atom stereocenters. The normalized spacial score (nSPS) is 20.2. The van der Waals surface area contributed by atoms with Gasteiger partial charge in [-0.15, -0.1) is 0 Å². The molecule has 1 heterocycles. The Balaban J connectivity index is 2.44. The van der Waals surface area contributed by atoms with E-state index in [1.807, 2.05) is 4.90 Å². The molecule has 1 aliphatic rings. The van der Waals surface area contributed by atoms with Gasteiger partial charge in [-0.05, 0) is 19.4 Å². The van der Waals surface area contributed by atoms with Crippen LogP contribution in [0.25, 0.3) is 0 Å². The highest BCUT2D eigenvalue weighted by atomic mass is 16.5. The number of nitrogens with zero attached hydrogens (tertiary/aromatic N) is 1. The second kappa shape index (κ2) is 8.44. The number of methoxy groups -OCH3 is 2. The Morgan fingerprint density at radius 2 is 1.94 bits per heavy atom. The minimum absolute atomic E-state index is 0.123. The number of amides is 1. The largest absolute Gasteiger partial charge is 0.383 e. The van der Waals surface area contributed by atoms with Crippen molar-refractivity contribution in [2.75, 3.05) is 53.6 Å². The predicted molar refractivity (Wildman–Crippen MR) is 65.9 cm³/mol. The summed E-state index contributed by atoms with van der Waals surface area (Å²) in [5.74, 6) is 0.351. The van der Waals surface area contributed by atoms with E-state index in [4.69, 9.17) is 9.47 Å². The lowest BCUT2D eigenvalue weighted by Crippen LogP contribution is -2.45. The van der Waals surface area contributed by atoms with Crippen molar-refractivity contribution in [1.82, 2.24) is 10.2 Å². The highest BCUT2D eigenvalue weighted by Gasteiger charge is 2.25. The molecule has 1 N–H and O–H groups in total. The fraction of sp³-hybridized carbons (Fsp3) is 0.917. The number of carbonyl (C=O) groups is 1. The highest BCUT2D eigenvalue weighted by molar-refractivity contribution is 5.79. The maximum Gasteiger partial charge on any atom is 0.227 e. The van der Waals surface area contributed by atoms with Crippen LogP contribution in [0.4, 0.5) is 0 Å². The summed E-state index contributed by atoms with van der Waals surface area (Å²) >= 11 is 0. The fourth-order valence-electron chi connectivity index (χ4n) is 2.06. The second-order valence-electron chi connectivity index (χ2n) is 4.35. The molecule has 0 aromatic heterocycles. The van der Waals surface area contributed by atoms with Gasteiger partial charge in [-0.1, -0.05) is 0 Å². The van der Waals surface area contributed by atoms with Gasteiger partial charge < -0.3 is 19.7 Å². The minimum atomic E-state index is 0.123. The van der Waals surface area contributed by atoms with Crippen LogP contribution in [-0.2, 0) is 14.3 Å². The predicted octanol–water partition coefficient (Wildman–Crippen LogP) is 0.107. The Bertz CT molecular complexity index is 210. The van der Waals surface area contributed by atoms with E-state index >= 15 is 0 Å². The quantitative estimate of drug-likeness (QED) is 0.690. The highest BCUT2D eigenvalue weighted by Crippen LogP contribution is 2.13. The van der Waals surface area contributed by atoms with E-state index in [0.29, 0.717) is 26.3 Å². The van der Waals surface area contributed by atoms with Gasteiger partial charge in [0.1, 0.15) is 0 Å². The summed E-state index contributed by atoms with van der Waals surface area (Å²) in [5, 5.41) is 3.27. The van der Waals surface area contributed by atoms with Crippen molar-refractivity contribution >= 4 is 5.91 Å². The molecule has 0 saturated carbocycles. The first kappa shape index (κ1) is 14.4. The summed E-state index contributed by atoms with van der Waals surface area (Å²) in [6.45, 7) is 4.28. The molecule has 5 nitrogen and oxygen atoms in total. The van der Waals surface area contributed by atoms with E-state index < -0.39 is 0 Å². The van der Waals surface area contributed by atoms with Gasteiger partial charge in [0.25, 0.3) is 0 Å². The number of carbonyl (C=O) groups excluding carboxylic acids is 1. The third kappa shape index (κ3) is 5.02. The van der Waals surface area contributed by atoms with Gasteiger partial charge in [0.2, 0.25) is 5.91 Å². The molecule has 0 aromatic rings. The van der Waals surface area contributed by atoms with Gasteiger partial charge >= 0.3 is 0 Å². The first-order valence-corrected chi connectivity index (χ1v) is 6.27. The summed E-state index contributed by atoms with van der Waals surface area (Å²) in [6, 6.07) is 0. The second-order valence-corrected chi connectivity index (χ2v) is 4.35. The Labute approximate surface area is 103 Å². The summed E-state index contributed by atoms with van der Waals surface area (Å²) < 4.78 is 10.1. The summed E-state index contributed by atoms with van der Waals surface area (Å²) in [7, 11) is 3.31. The molecular weight excluding hydrogens is 220 g/mol. The molecule has 17 heavy (non-hydrogen) atoms. The fourth-order valence-corrected chi connectivity index (χ4v) is 2.06. The molecule has 1 saturated heterocycles. The lowest BCUT2D eigenvalue weighted by Gasteiger charge is -2.29. The number of nitrogens with one attached hydrogen (secondary N) is 1. The Hall–Kier alpha value is -0.650. The summed E-state index contributed by atoms with van der Waals surface area (Å²) in [4.78, 5) is 14.1. The first-order valence-electron chi connectivity index (χ1n) is 6.27. The zero-order chi connectivity index (χ0) is 12.5. The van der Waals surface area contributed by atoms with Crippen LogP contribution in [0.2, 0.25) is 0 Å². The minimum Gasteiger partial charge on any atom is -0.383 e. The molecule has 1 aliphatic heterocycles. The molecule has 1 atom stereocenters. The number of piperidine rings is 1. The Morgan fingerprint density at radius 1 is 1.29 bits per heavy atom. The van der Waals surface area contributed by atoms with Gasteiger partial charge in [0.15, 0.2) is 0 Å². The molecule has 1 rings (SSSR count). The molecule has 1 amide bonds. The zero-order valence-corrected chi connectivity index (χ0v) is 10.9. The number of ether oxygens (including phenoxy) is 2. The average molecular weight is 244 g/mol. The van der Waals surface area contributed by atoms with Gasteiger partial charge in [0.05, 0.1) is 19.1 Å². The SMILES string of the molecule is COCCN(CCOC)C(=O)[C@H]1CCCNC1. The molecule has 0 aliphatic carbocycles. The van der Waals surface area contributed by atoms with Crippen LogP contribution in [0.15, 0.2) is 0 Å². The Kier molecular flexibility index (Phi) is 7.16. The molecule has 0 aromatic carbocycles. The summed E-state index contributed by atoms with van der Waals surface area (Å²) in [5.41, 5.74) is 0. The molecule has 100 valence electrons. The van der Waals surface area contributed by atoms with Crippen LogP contribution in [0.1, 0.15) is 12.8 Å². The Morgan fingerprint density at radius 3 is 2.41 bits per heavy atom. The third-order valence-electron chi connectivity index (χ3n) is 3.09. The van der Waals surface area contributed by atoms with Crippen molar-refractivity contribution in [3.63, 3.8) is 0 Å². The third-order valence-corrected chi connectivity index (χ3v) is 3.09.